The minimum Gasteiger partial charge on any atom is -0.494 e. The van der Waals surface area contributed by atoms with Crippen LogP contribution in [0.2, 0.25) is 0 Å². The Kier molecular flexibility index (Phi) is 4.90. The molecule has 0 amide bonds. The largest absolute Gasteiger partial charge is 0.494 e. The average molecular weight is 293 g/mol. The highest BCUT2D eigenvalue weighted by molar-refractivity contribution is 5.30. The fraction of sp³-hybridized carbons (Fsp3) is 0.467. The highest BCUT2D eigenvalue weighted by Gasteiger charge is 2.15. The molecule has 5 nitrogen and oxygen atoms in total. The Morgan fingerprint density at radius 1 is 1.33 bits per heavy atom. The first-order valence-electron chi connectivity index (χ1n) is 7.03. The Balaban J connectivity index is 2.19. The smallest absolute Gasteiger partial charge is 0.165 e. The summed E-state index contributed by atoms with van der Waals surface area (Å²) < 4.78 is 20.2. The van der Waals surface area contributed by atoms with Gasteiger partial charge in [-0.2, -0.15) is 5.10 Å². The summed E-state index contributed by atoms with van der Waals surface area (Å²) in [6.45, 7) is 4.22. The van der Waals surface area contributed by atoms with Crippen molar-refractivity contribution in [2.75, 3.05) is 7.11 Å². The van der Waals surface area contributed by atoms with Gasteiger partial charge in [0.25, 0.3) is 0 Å². The summed E-state index contributed by atoms with van der Waals surface area (Å²) in [7, 11) is 1.41. The number of aliphatic hydroxyl groups is 1. The van der Waals surface area contributed by atoms with Crippen molar-refractivity contribution in [3.8, 4) is 5.75 Å². The van der Waals surface area contributed by atoms with E-state index in [0.717, 1.165) is 24.5 Å². The van der Waals surface area contributed by atoms with Crippen molar-refractivity contribution in [3.63, 3.8) is 0 Å². The zero-order chi connectivity index (χ0) is 15.4. The molecule has 0 fully saturated rings. The molecule has 1 aromatic carbocycles. The quantitative estimate of drug-likeness (QED) is 0.887. The maximum atomic E-state index is 13.7. The number of aliphatic hydroxyl groups excluding tert-OH is 1. The first kappa shape index (κ1) is 15.4. The zero-order valence-electron chi connectivity index (χ0n) is 12.5. The highest BCUT2D eigenvalue weighted by atomic mass is 19.1. The highest BCUT2D eigenvalue weighted by Crippen LogP contribution is 2.23. The summed E-state index contributed by atoms with van der Waals surface area (Å²) in [5, 5.41) is 14.6. The summed E-state index contributed by atoms with van der Waals surface area (Å²) in [6.07, 6.45) is 0.631. The minimum atomic E-state index is -0.845. The molecule has 0 bridgehead atoms. The Bertz CT molecular complexity index is 613. The third kappa shape index (κ3) is 3.39. The molecule has 0 aliphatic carbocycles. The van der Waals surface area contributed by atoms with Gasteiger partial charge in [0.15, 0.2) is 17.4 Å². The predicted octanol–water partition coefficient (Wildman–Crippen LogP) is 2.28. The number of hydrogen-bond acceptors (Lipinski definition) is 4. The van der Waals surface area contributed by atoms with Gasteiger partial charge in [-0.15, -0.1) is 0 Å². The first-order chi connectivity index (χ1) is 10.1. The van der Waals surface area contributed by atoms with Crippen molar-refractivity contribution in [1.82, 2.24) is 14.8 Å². The maximum absolute atomic E-state index is 13.7. The van der Waals surface area contributed by atoms with E-state index < -0.39 is 11.9 Å². The maximum Gasteiger partial charge on any atom is 0.165 e. The van der Waals surface area contributed by atoms with Crippen LogP contribution >= 0.6 is 0 Å². The Hall–Kier alpha value is -1.95. The molecule has 2 rings (SSSR count). The van der Waals surface area contributed by atoms with E-state index in [2.05, 4.69) is 10.1 Å². The van der Waals surface area contributed by atoms with E-state index in [1.165, 1.54) is 19.2 Å². The van der Waals surface area contributed by atoms with Gasteiger partial charge in [-0.05, 0) is 17.7 Å². The molecule has 1 heterocycles. The SMILES string of the molecule is CCc1nc(CC)n(CC(O)c2ccc(OC)c(F)c2)n1. The van der Waals surface area contributed by atoms with E-state index in [9.17, 15) is 9.50 Å². The van der Waals surface area contributed by atoms with Crippen LogP contribution in [0.15, 0.2) is 18.2 Å². The predicted molar refractivity (Wildman–Crippen MR) is 76.7 cm³/mol. The molecule has 21 heavy (non-hydrogen) atoms. The molecule has 0 saturated heterocycles. The van der Waals surface area contributed by atoms with E-state index >= 15 is 0 Å². The molecular weight excluding hydrogens is 273 g/mol. The molecule has 114 valence electrons. The monoisotopic (exact) mass is 293 g/mol. The Morgan fingerprint density at radius 3 is 2.67 bits per heavy atom. The fourth-order valence-corrected chi connectivity index (χ4v) is 2.14. The molecule has 1 unspecified atom stereocenters. The second-order valence-corrected chi connectivity index (χ2v) is 4.74. The number of aromatic nitrogens is 3. The second kappa shape index (κ2) is 6.67. The minimum absolute atomic E-state index is 0.161. The van der Waals surface area contributed by atoms with Crippen LogP contribution in [0.4, 0.5) is 4.39 Å². The lowest BCUT2D eigenvalue weighted by Gasteiger charge is -2.13. The molecule has 0 spiro atoms. The standard InChI is InChI=1S/C15H20FN3O2/c1-4-14-17-15(5-2)19(18-14)9-12(20)10-6-7-13(21-3)11(16)8-10/h6-8,12,20H,4-5,9H2,1-3H3. The molecular formula is C15H20FN3O2. The summed E-state index contributed by atoms with van der Waals surface area (Å²) in [5.74, 6) is 1.24. The van der Waals surface area contributed by atoms with E-state index in [0.29, 0.717) is 5.56 Å². The van der Waals surface area contributed by atoms with Crippen LogP contribution in [0.25, 0.3) is 0 Å². The van der Waals surface area contributed by atoms with Crippen molar-refractivity contribution in [3.05, 3.63) is 41.2 Å². The van der Waals surface area contributed by atoms with Crippen LogP contribution < -0.4 is 4.74 Å². The molecule has 0 saturated carbocycles. The van der Waals surface area contributed by atoms with E-state index in [-0.39, 0.29) is 12.3 Å². The van der Waals surface area contributed by atoms with Gasteiger partial charge in [0.2, 0.25) is 0 Å². The Labute approximate surface area is 123 Å². The zero-order valence-corrected chi connectivity index (χ0v) is 12.5. The molecule has 2 aromatic rings. The van der Waals surface area contributed by atoms with Gasteiger partial charge in [-0.1, -0.05) is 19.9 Å². The van der Waals surface area contributed by atoms with Gasteiger partial charge in [0.1, 0.15) is 5.82 Å². The van der Waals surface area contributed by atoms with Gasteiger partial charge in [-0.25, -0.2) is 14.1 Å². The third-order valence-corrected chi connectivity index (χ3v) is 3.33. The molecule has 1 aromatic heterocycles. The normalized spacial score (nSPS) is 12.4. The van der Waals surface area contributed by atoms with Crippen molar-refractivity contribution in [2.45, 2.75) is 39.3 Å². The van der Waals surface area contributed by atoms with Crippen molar-refractivity contribution in [1.29, 1.82) is 0 Å². The topological polar surface area (TPSA) is 60.2 Å². The number of aryl methyl sites for hydroxylation is 2. The van der Waals surface area contributed by atoms with Crippen molar-refractivity contribution >= 4 is 0 Å². The number of halogens is 1. The second-order valence-electron chi connectivity index (χ2n) is 4.74. The molecule has 1 atom stereocenters. The van der Waals surface area contributed by atoms with Gasteiger partial charge in [0.05, 0.1) is 19.8 Å². The molecule has 0 radical (unpaired) electrons. The van der Waals surface area contributed by atoms with Crippen molar-refractivity contribution < 1.29 is 14.2 Å². The van der Waals surface area contributed by atoms with E-state index in [1.54, 1.807) is 10.7 Å². The van der Waals surface area contributed by atoms with Crippen LogP contribution in [0, 0.1) is 5.82 Å². The number of benzene rings is 1. The van der Waals surface area contributed by atoms with Crippen LogP contribution in [-0.4, -0.2) is 27.0 Å². The van der Waals surface area contributed by atoms with Gasteiger partial charge in [0, 0.05) is 12.8 Å². The van der Waals surface area contributed by atoms with Crippen LogP contribution in [-0.2, 0) is 19.4 Å². The summed E-state index contributed by atoms with van der Waals surface area (Å²) in [4.78, 5) is 4.39. The number of ether oxygens (including phenoxy) is 1. The fourth-order valence-electron chi connectivity index (χ4n) is 2.14. The molecule has 6 heteroatoms. The summed E-state index contributed by atoms with van der Waals surface area (Å²) in [6, 6.07) is 4.44. The molecule has 1 N–H and O–H groups in total. The van der Waals surface area contributed by atoms with E-state index in [1.807, 2.05) is 13.8 Å². The lowest BCUT2D eigenvalue weighted by atomic mass is 10.1. The lowest BCUT2D eigenvalue weighted by Crippen LogP contribution is -2.13. The Morgan fingerprint density at radius 2 is 2.10 bits per heavy atom. The molecule has 0 aliphatic heterocycles. The summed E-state index contributed by atoms with van der Waals surface area (Å²) in [5.41, 5.74) is 0.490. The van der Waals surface area contributed by atoms with Gasteiger partial charge < -0.3 is 9.84 Å². The van der Waals surface area contributed by atoms with Gasteiger partial charge in [-0.3, -0.25) is 0 Å². The lowest BCUT2D eigenvalue weighted by molar-refractivity contribution is 0.149. The number of methoxy groups -OCH3 is 1. The average Bonchev–Trinajstić information content (AvgIpc) is 2.89. The number of rotatable bonds is 6. The third-order valence-electron chi connectivity index (χ3n) is 3.33. The van der Waals surface area contributed by atoms with Crippen LogP contribution in [0.5, 0.6) is 5.75 Å². The first-order valence-corrected chi connectivity index (χ1v) is 7.03. The van der Waals surface area contributed by atoms with Crippen molar-refractivity contribution in [2.24, 2.45) is 0 Å². The van der Waals surface area contributed by atoms with Crippen LogP contribution in [0.3, 0.4) is 0 Å². The van der Waals surface area contributed by atoms with E-state index in [4.69, 9.17) is 4.74 Å². The number of hydrogen-bond donors (Lipinski definition) is 1. The van der Waals surface area contributed by atoms with Gasteiger partial charge >= 0.3 is 0 Å². The van der Waals surface area contributed by atoms with Crippen LogP contribution in [0.1, 0.15) is 37.2 Å². The number of nitrogens with zero attached hydrogens (tertiary/aromatic N) is 3. The summed E-state index contributed by atoms with van der Waals surface area (Å²) >= 11 is 0. The molecule has 0 aliphatic rings.